The molecule has 3 aromatic rings. The molecule has 0 fully saturated rings. The predicted octanol–water partition coefficient (Wildman–Crippen LogP) is 5.01. The van der Waals surface area contributed by atoms with Gasteiger partial charge in [-0.2, -0.15) is 18.3 Å². The molecule has 11 heteroatoms. The van der Waals surface area contributed by atoms with Gasteiger partial charge in [0.05, 0.1) is 16.6 Å². The molecule has 0 bridgehead atoms. The summed E-state index contributed by atoms with van der Waals surface area (Å²) in [4.78, 5) is 12.9. The van der Waals surface area contributed by atoms with Crippen molar-refractivity contribution in [3.63, 3.8) is 0 Å². The highest BCUT2D eigenvalue weighted by molar-refractivity contribution is 7.98. The third kappa shape index (κ3) is 4.81. The molecular formula is C18H16ClF3N4O2S. The number of alkyl halides is 3. The van der Waals surface area contributed by atoms with Gasteiger partial charge in [-0.05, 0) is 38.5 Å². The monoisotopic (exact) mass is 444 g/mol. The zero-order valence-electron chi connectivity index (χ0n) is 15.6. The summed E-state index contributed by atoms with van der Waals surface area (Å²) in [7, 11) is 0. The zero-order chi connectivity index (χ0) is 21.4. The molecule has 0 unspecified atom stereocenters. The maximum absolute atomic E-state index is 12.6. The van der Waals surface area contributed by atoms with Crippen molar-refractivity contribution in [1.29, 1.82) is 0 Å². The fourth-order valence-electron chi connectivity index (χ4n) is 2.36. The molecule has 0 atom stereocenters. The molecule has 0 spiro atoms. The Kier molecular flexibility index (Phi) is 5.77. The summed E-state index contributed by atoms with van der Waals surface area (Å²) in [5, 5.41) is 10.7. The van der Waals surface area contributed by atoms with Crippen molar-refractivity contribution in [1.82, 2.24) is 20.0 Å². The second-order valence-corrected chi connectivity index (χ2v) is 8.50. The van der Waals surface area contributed by atoms with E-state index < -0.39 is 17.6 Å². The molecule has 0 saturated heterocycles. The molecule has 6 nitrogen and oxygen atoms in total. The lowest BCUT2D eigenvalue weighted by Gasteiger charge is -2.21. The van der Waals surface area contributed by atoms with Gasteiger partial charge in [-0.3, -0.25) is 4.79 Å². The van der Waals surface area contributed by atoms with Crippen molar-refractivity contribution < 1.29 is 17.6 Å². The highest BCUT2D eigenvalue weighted by Crippen LogP contribution is 2.31. The van der Waals surface area contributed by atoms with E-state index in [9.17, 15) is 18.0 Å². The van der Waals surface area contributed by atoms with Crippen molar-refractivity contribution >= 4 is 23.4 Å². The van der Waals surface area contributed by atoms with Crippen molar-refractivity contribution in [2.24, 2.45) is 0 Å². The number of aromatic nitrogens is 4. The van der Waals surface area contributed by atoms with Crippen LogP contribution in [0, 0.1) is 0 Å². The normalized spacial score (nSPS) is 12.4. The first-order chi connectivity index (χ1) is 13.5. The van der Waals surface area contributed by atoms with Crippen LogP contribution in [0.15, 0.2) is 44.6 Å². The maximum Gasteiger partial charge on any atom is 0.470 e. The van der Waals surface area contributed by atoms with E-state index in [2.05, 4.69) is 19.7 Å². The second kappa shape index (κ2) is 7.83. The molecule has 1 aromatic carbocycles. The van der Waals surface area contributed by atoms with E-state index in [1.165, 1.54) is 16.4 Å². The van der Waals surface area contributed by atoms with E-state index in [1.807, 2.05) is 20.8 Å². The van der Waals surface area contributed by atoms with Crippen LogP contribution < -0.4 is 5.56 Å². The molecule has 0 aliphatic carbocycles. The fraction of sp³-hybridized carbons (Fsp3) is 0.333. The van der Waals surface area contributed by atoms with Gasteiger partial charge in [-0.1, -0.05) is 23.7 Å². The van der Waals surface area contributed by atoms with E-state index >= 15 is 0 Å². The molecule has 2 heterocycles. The zero-order valence-corrected chi connectivity index (χ0v) is 17.2. The summed E-state index contributed by atoms with van der Waals surface area (Å²) in [6.45, 7) is 5.56. The third-order valence-corrected chi connectivity index (χ3v) is 5.36. The quantitative estimate of drug-likeness (QED) is 0.526. The predicted molar refractivity (Wildman–Crippen MR) is 103 cm³/mol. The number of hydrogen-bond donors (Lipinski definition) is 0. The molecular weight excluding hydrogens is 429 g/mol. The van der Waals surface area contributed by atoms with Gasteiger partial charge in [-0.25, -0.2) is 4.68 Å². The number of benzene rings is 1. The van der Waals surface area contributed by atoms with Crippen molar-refractivity contribution in [2.75, 3.05) is 0 Å². The number of nitrogens with zero attached hydrogens (tertiary/aromatic N) is 4. The second-order valence-electron chi connectivity index (χ2n) is 7.11. The van der Waals surface area contributed by atoms with Gasteiger partial charge in [0.1, 0.15) is 5.02 Å². The average molecular weight is 445 g/mol. The van der Waals surface area contributed by atoms with Crippen LogP contribution >= 0.6 is 23.4 Å². The number of rotatable bonds is 4. The Labute approximate surface area is 173 Å². The van der Waals surface area contributed by atoms with Gasteiger partial charge in [-0.15, -0.1) is 22.0 Å². The van der Waals surface area contributed by atoms with E-state index in [1.54, 1.807) is 30.5 Å². The van der Waals surface area contributed by atoms with Gasteiger partial charge >= 0.3 is 12.1 Å². The summed E-state index contributed by atoms with van der Waals surface area (Å²) >= 11 is 7.54. The maximum atomic E-state index is 12.6. The summed E-state index contributed by atoms with van der Waals surface area (Å²) < 4.78 is 43.6. The lowest BCUT2D eigenvalue weighted by atomic mass is 10.1. The van der Waals surface area contributed by atoms with E-state index in [-0.39, 0.29) is 16.5 Å². The summed E-state index contributed by atoms with van der Waals surface area (Å²) in [5.74, 6) is -1.12. The standard InChI is InChI=1S/C18H16ClF3N4O2S/c1-17(2,3)26-15(27)13(19)12(8-23-26)29-9-10-4-6-11(7-5-10)14-24-25-16(28-14)18(20,21)22/h4-8H,9H2,1-3H3. The molecule has 3 rings (SSSR count). The van der Waals surface area contributed by atoms with Crippen LogP contribution in [0.25, 0.3) is 11.5 Å². The van der Waals surface area contributed by atoms with E-state index in [4.69, 9.17) is 11.6 Å². The van der Waals surface area contributed by atoms with Crippen molar-refractivity contribution in [2.45, 2.75) is 43.1 Å². The van der Waals surface area contributed by atoms with E-state index in [0.717, 1.165) is 5.56 Å². The van der Waals surface area contributed by atoms with Crippen LogP contribution in [0.3, 0.4) is 0 Å². The van der Waals surface area contributed by atoms with Crippen molar-refractivity contribution in [3.8, 4) is 11.5 Å². The molecule has 0 radical (unpaired) electrons. The fourth-order valence-corrected chi connectivity index (χ4v) is 3.50. The van der Waals surface area contributed by atoms with Gasteiger partial charge < -0.3 is 4.42 Å². The Morgan fingerprint density at radius 2 is 1.79 bits per heavy atom. The van der Waals surface area contributed by atoms with Crippen molar-refractivity contribution in [3.05, 3.63) is 57.3 Å². The molecule has 0 aliphatic rings. The first-order valence-electron chi connectivity index (χ1n) is 8.38. The lowest BCUT2D eigenvalue weighted by Crippen LogP contribution is -2.36. The smallest absolute Gasteiger partial charge is 0.413 e. The minimum atomic E-state index is -4.68. The van der Waals surface area contributed by atoms with Gasteiger partial charge in [0.2, 0.25) is 5.89 Å². The van der Waals surface area contributed by atoms with Crippen LogP contribution in [-0.4, -0.2) is 20.0 Å². The summed E-state index contributed by atoms with van der Waals surface area (Å²) in [5.41, 5.74) is 0.386. The largest absolute Gasteiger partial charge is 0.470 e. The van der Waals surface area contributed by atoms with Gasteiger partial charge in [0, 0.05) is 11.3 Å². The Balaban J connectivity index is 1.72. The number of hydrogen-bond acceptors (Lipinski definition) is 6. The van der Waals surface area contributed by atoms with Crippen LogP contribution in [0.1, 0.15) is 32.2 Å². The first-order valence-corrected chi connectivity index (χ1v) is 9.74. The Morgan fingerprint density at radius 1 is 1.14 bits per heavy atom. The Hall–Kier alpha value is -2.33. The Morgan fingerprint density at radius 3 is 2.34 bits per heavy atom. The molecule has 0 aliphatic heterocycles. The summed E-state index contributed by atoms with van der Waals surface area (Å²) in [6, 6.07) is 6.61. The number of thioether (sulfide) groups is 1. The van der Waals surface area contributed by atoms with Crippen LogP contribution in [0.4, 0.5) is 13.2 Å². The third-order valence-electron chi connectivity index (χ3n) is 3.79. The molecule has 29 heavy (non-hydrogen) atoms. The Bertz CT molecular complexity index is 1070. The molecule has 0 saturated carbocycles. The van der Waals surface area contributed by atoms with Crippen LogP contribution in [0.5, 0.6) is 0 Å². The van der Waals surface area contributed by atoms with Gasteiger partial charge in [0.15, 0.2) is 0 Å². The average Bonchev–Trinajstić information content (AvgIpc) is 3.13. The highest BCUT2D eigenvalue weighted by atomic mass is 35.5. The highest BCUT2D eigenvalue weighted by Gasteiger charge is 2.38. The van der Waals surface area contributed by atoms with Crippen LogP contribution in [-0.2, 0) is 17.5 Å². The molecule has 0 N–H and O–H groups in total. The first kappa shape index (κ1) is 21.4. The minimum absolute atomic E-state index is 0.0992. The lowest BCUT2D eigenvalue weighted by molar-refractivity contribution is -0.156. The number of halogens is 4. The SMILES string of the molecule is CC(C)(C)n1ncc(SCc2ccc(-c3nnc(C(F)(F)F)o3)cc2)c(Cl)c1=O. The van der Waals surface area contributed by atoms with Crippen LogP contribution in [0.2, 0.25) is 5.02 Å². The molecule has 154 valence electrons. The summed E-state index contributed by atoms with van der Waals surface area (Å²) in [6.07, 6.45) is -3.14. The molecule has 0 amide bonds. The minimum Gasteiger partial charge on any atom is -0.413 e. The van der Waals surface area contributed by atoms with Gasteiger partial charge in [0.25, 0.3) is 5.56 Å². The topological polar surface area (TPSA) is 73.8 Å². The van der Waals surface area contributed by atoms with E-state index in [0.29, 0.717) is 16.2 Å². The molecule has 2 aromatic heterocycles.